The van der Waals surface area contributed by atoms with Crippen LogP contribution in [-0.4, -0.2) is 70.3 Å². The van der Waals surface area contributed by atoms with E-state index in [9.17, 15) is 14.4 Å². The lowest BCUT2D eigenvalue weighted by Crippen LogP contribution is -2.10. The van der Waals surface area contributed by atoms with E-state index in [4.69, 9.17) is 40.0 Å². The number of carbonyl (C=O) groups excluding carboxylic acids is 3. The van der Waals surface area contributed by atoms with Crippen molar-refractivity contribution in [2.24, 2.45) is 0 Å². The number of hydrogen-bond donors (Lipinski definition) is 0. The van der Waals surface area contributed by atoms with E-state index in [1.165, 1.54) is 10.9 Å². The molecule has 0 aliphatic rings. The Hall–Kier alpha value is -8.55. The van der Waals surface area contributed by atoms with Crippen molar-refractivity contribution in [1.82, 2.24) is 19.5 Å². The number of aryl methyl sites for hydroxylation is 2. The lowest BCUT2D eigenvalue weighted by Gasteiger charge is -2.15. The largest absolute Gasteiger partial charge is 0.493 e. The van der Waals surface area contributed by atoms with Crippen LogP contribution in [0.3, 0.4) is 0 Å². The van der Waals surface area contributed by atoms with Crippen molar-refractivity contribution >= 4 is 50.9 Å². The molecule has 13 nitrogen and oxygen atoms in total. The monoisotopic (exact) mass is 982 g/mol. The van der Waals surface area contributed by atoms with Crippen LogP contribution >= 0.6 is 11.6 Å². The lowest BCUT2D eigenvalue weighted by molar-refractivity contribution is 0.0892. The molecule has 3 aromatic heterocycles. The molecule has 6 aromatic carbocycles. The van der Waals surface area contributed by atoms with Crippen molar-refractivity contribution in [3.8, 4) is 46.0 Å². The van der Waals surface area contributed by atoms with E-state index in [2.05, 4.69) is 15.0 Å². The van der Waals surface area contributed by atoms with Crippen molar-refractivity contribution in [2.75, 3.05) is 33.3 Å². The Morgan fingerprint density at radius 3 is 1.46 bits per heavy atom. The SMILES string of the molecule is COc1cc2c(Oc3ccc(C)cc3C(=O)c3ccccc3)ccnc2cc1OCCCC(=O)n1ccnc1.COc1cc2c(Oc3ccc(C)cc3C(=O)c3ccccc3)ccnc2cc1OCCCCl. The van der Waals surface area contributed by atoms with Gasteiger partial charge in [0.1, 0.15) is 29.3 Å². The second-order valence-corrected chi connectivity index (χ2v) is 16.8. The number of fused-ring (bicyclic) bond motifs is 2. The van der Waals surface area contributed by atoms with E-state index >= 15 is 0 Å². The molecule has 14 heteroatoms. The average molecular weight is 984 g/mol. The Labute approximate surface area is 421 Å². The third kappa shape index (κ3) is 12.1. The molecule has 0 radical (unpaired) electrons. The van der Waals surface area contributed by atoms with Crippen LogP contribution < -0.4 is 28.4 Å². The van der Waals surface area contributed by atoms with Crippen LogP contribution in [0.5, 0.6) is 46.0 Å². The molecule has 0 saturated heterocycles. The minimum Gasteiger partial charge on any atom is -0.493 e. The highest BCUT2D eigenvalue weighted by Crippen LogP contribution is 2.40. The number of nitrogens with zero attached hydrogens (tertiary/aromatic N) is 4. The van der Waals surface area contributed by atoms with Crippen molar-refractivity contribution < 1.29 is 42.8 Å². The number of hydrogen-bond acceptors (Lipinski definition) is 12. The number of imidazole rings is 1. The van der Waals surface area contributed by atoms with Gasteiger partial charge in [-0.3, -0.25) is 28.9 Å². The van der Waals surface area contributed by atoms with Gasteiger partial charge in [0.2, 0.25) is 5.91 Å². The molecule has 9 aromatic rings. The number of halogens is 1. The first-order valence-electron chi connectivity index (χ1n) is 23.2. The average Bonchev–Trinajstić information content (AvgIpc) is 3.97. The van der Waals surface area contributed by atoms with Crippen molar-refractivity contribution in [2.45, 2.75) is 33.1 Å². The first-order chi connectivity index (χ1) is 35.1. The van der Waals surface area contributed by atoms with Gasteiger partial charge in [0, 0.05) is 71.1 Å². The van der Waals surface area contributed by atoms with E-state index in [1.54, 1.807) is 93.6 Å². The quantitative estimate of drug-likeness (QED) is 0.0431. The number of alkyl halides is 1. The fraction of sp³-hybridized carbons (Fsp3) is 0.172. The molecule has 0 amide bonds. The van der Waals surface area contributed by atoms with Crippen molar-refractivity contribution in [1.29, 1.82) is 0 Å². The predicted octanol–water partition coefficient (Wildman–Crippen LogP) is 12.9. The van der Waals surface area contributed by atoms with Gasteiger partial charge in [0.15, 0.2) is 34.6 Å². The fourth-order valence-electron chi connectivity index (χ4n) is 7.70. The molecule has 0 aliphatic carbocycles. The molecule has 0 N–H and O–H groups in total. The predicted molar refractivity (Wildman–Crippen MR) is 277 cm³/mol. The van der Waals surface area contributed by atoms with Crippen LogP contribution in [0, 0.1) is 13.8 Å². The Balaban J connectivity index is 0.000000195. The lowest BCUT2D eigenvalue weighted by atomic mass is 10.0. The molecule has 0 spiro atoms. The second-order valence-electron chi connectivity index (χ2n) is 16.5. The summed E-state index contributed by atoms with van der Waals surface area (Å²) in [4.78, 5) is 51.5. The van der Waals surface area contributed by atoms with Gasteiger partial charge in [-0.05, 0) is 75.2 Å². The minimum absolute atomic E-state index is 0.0498. The molecular weight excluding hydrogens is 932 g/mol. The molecule has 3 heterocycles. The van der Waals surface area contributed by atoms with Crippen LogP contribution in [0.25, 0.3) is 21.8 Å². The first kappa shape index (κ1) is 49.9. The molecule has 0 bridgehead atoms. The molecular formula is C58H51ClN4O9. The maximum atomic E-state index is 13.3. The van der Waals surface area contributed by atoms with Gasteiger partial charge in [-0.25, -0.2) is 4.98 Å². The molecule has 0 unspecified atom stereocenters. The zero-order chi connectivity index (χ0) is 50.4. The maximum Gasteiger partial charge on any atom is 0.231 e. The number of pyridine rings is 2. The molecule has 0 saturated carbocycles. The van der Waals surface area contributed by atoms with Gasteiger partial charge >= 0.3 is 0 Å². The highest BCUT2D eigenvalue weighted by Gasteiger charge is 2.20. The van der Waals surface area contributed by atoms with Gasteiger partial charge in [-0.1, -0.05) is 83.9 Å². The summed E-state index contributed by atoms with van der Waals surface area (Å²) in [5.41, 5.74) is 5.43. The minimum atomic E-state index is -0.118. The topological polar surface area (TPSA) is 150 Å². The Morgan fingerprint density at radius 2 is 1.01 bits per heavy atom. The number of ketones is 2. The molecule has 72 heavy (non-hydrogen) atoms. The van der Waals surface area contributed by atoms with Crippen molar-refractivity contribution in [3.05, 3.63) is 198 Å². The zero-order valence-electron chi connectivity index (χ0n) is 40.2. The smallest absolute Gasteiger partial charge is 0.231 e. The van der Waals surface area contributed by atoms with E-state index in [0.29, 0.717) is 117 Å². The Kier molecular flexibility index (Phi) is 16.5. The van der Waals surface area contributed by atoms with E-state index in [1.807, 2.05) is 92.7 Å². The number of carbonyl (C=O) groups is 3. The number of benzene rings is 6. The van der Waals surface area contributed by atoms with Crippen LogP contribution in [0.2, 0.25) is 0 Å². The first-order valence-corrected chi connectivity index (χ1v) is 23.7. The highest BCUT2D eigenvalue weighted by atomic mass is 35.5. The summed E-state index contributed by atoms with van der Waals surface area (Å²) in [5.74, 6) is 4.46. The molecule has 0 atom stereocenters. The van der Waals surface area contributed by atoms with Crippen LogP contribution in [0.15, 0.2) is 165 Å². The number of rotatable bonds is 19. The third-order valence-electron chi connectivity index (χ3n) is 11.4. The molecule has 0 fully saturated rings. The summed E-state index contributed by atoms with van der Waals surface area (Å²) in [5, 5.41) is 1.45. The van der Waals surface area contributed by atoms with Gasteiger partial charge in [0.05, 0.1) is 49.6 Å². The summed E-state index contributed by atoms with van der Waals surface area (Å²) in [6, 6.07) is 40.2. The summed E-state index contributed by atoms with van der Waals surface area (Å²) in [6.45, 7) is 4.69. The van der Waals surface area contributed by atoms with Gasteiger partial charge in [0.25, 0.3) is 0 Å². The van der Waals surface area contributed by atoms with E-state index < -0.39 is 0 Å². The van der Waals surface area contributed by atoms with E-state index in [0.717, 1.165) is 22.9 Å². The Morgan fingerprint density at radius 1 is 0.528 bits per heavy atom. The van der Waals surface area contributed by atoms with Crippen LogP contribution in [0.4, 0.5) is 0 Å². The maximum absolute atomic E-state index is 13.3. The van der Waals surface area contributed by atoms with Crippen LogP contribution in [0.1, 0.15) is 67.0 Å². The zero-order valence-corrected chi connectivity index (χ0v) is 40.9. The third-order valence-corrected chi connectivity index (χ3v) is 11.6. The van der Waals surface area contributed by atoms with Crippen molar-refractivity contribution in [3.63, 3.8) is 0 Å². The molecule has 0 aliphatic heterocycles. The summed E-state index contributed by atoms with van der Waals surface area (Å²) in [7, 11) is 3.15. The summed E-state index contributed by atoms with van der Waals surface area (Å²) in [6.07, 6.45) is 9.56. The second kappa shape index (κ2) is 23.8. The highest BCUT2D eigenvalue weighted by molar-refractivity contribution is 6.17. The van der Waals surface area contributed by atoms with Crippen LogP contribution in [-0.2, 0) is 0 Å². The summed E-state index contributed by atoms with van der Waals surface area (Å²) < 4.78 is 36.9. The molecule has 364 valence electrons. The Bertz CT molecular complexity index is 3330. The standard InChI is InChI=1S/C31H27N3O5.C27H24ClNO4/c1-21-10-11-26(24(17-21)31(36)22-7-4-3-5-8-22)39-27-12-13-33-25-19-29(28(37-2)18-23(25)27)38-16-6-9-30(35)34-15-14-32-20-34;1-18-9-10-23(21(15-18)27(30)19-7-4-3-5-8-19)33-24-11-13-29-22-17-26(32-14-6-12-28)25(31-2)16-20(22)24/h3-5,7-8,10-15,17-20H,6,9,16H2,1-2H3;3-5,7-11,13,15-17H,6,12,14H2,1-2H3. The van der Waals surface area contributed by atoms with Gasteiger partial charge in [-0.15, -0.1) is 11.6 Å². The summed E-state index contributed by atoms with van der Waals surface area (Å²) >= 11 is 5.75. The molecule has 9 rings (SSSR count). The van der Waals surface area contributed by atoms with Gasteiger partial charge in [-0.2, -0.15) is 0 Å². The van der Waals surface area contributed by atoms with Gasteiger partial charge < -0.3 is 28.4 Å². The number of methoxy groups -OCH3 is 2. The normalized spacial score (nSPS) is 10.8. The van der Waals surface area contributed by atoms with E-state index in [-0.39, 0.29) is 17.5 Å². The number of aromatic nitrogens is 4. The fourth-order valence-corrected chi connectivity index (χ4v) is 7.81. The number of ether oxygens (including phenoxy) is 6.